The summed E-state index contributed by atoms with van der Waals surface area (Å²) in [6.07, 6.45) is 3.01. The molecule has 0 unspecified atom stereocenters. The summed E-state index contributed by atoms with van der Waals surface area (Å²) in [5.41, 5.74) is 4.70. The topological polar surface area (TPSA) is 46.3 Å². The summed E-state index contributed by atoms with van der Waals surface area (Å²) in [6, 6.07) is 24.5. The minimum Gasteiger partial charge on any atom is -0.496 e. The molecule has 0 spiro atoms. The van der Waals surface area contributed by atoms with Crippen molar-refractivity contribution < 1.29 is 9.47 Å². The Morgan fingerprint density at radius 2 is 1.62 bits per heavy atom. The fraction of sp³-hybridized carbons (Fsp3) is 0.200. The summed E-state index contributed by atoms with van der Waals surface area (Å²) in [5.74, 6) is 1.84. The summed E-state index contributed by atoms with van der Waals surface area (Å²) >= 11 is 0. The highest BCUT2D eigenvalue weighted by molar-refractivity contribution is 5.89. The Hall–Kier alpha value is -3.24. The van der Waals surface area contributed by atoms with Crippen LogP contribution in [0.5, 0.6) is 11.5 Å². The third-order valence-electron chi connectivity index (χ3n) is 5.07. The predicted molar refractivity (Wildman–Crippen MR) is 117 cm³/mol. The third-order valence-corrected chi connectivity index (χ3v) is 5.07. The Balaban J connectivity index is 1.41. The van der Waals surface area contributed by atoms with Crippen LogP contribution < -0.4 is 14.8 Å². The Bertz CT molecular complexity index is 1060. The maximum absolute atomic E-state index is 6.15. The zero-order valence-corrected chi connectivity index (χ0v) is 16.7. The minimum atomic E-state index is 0.566. The largest absolute Gasteiger partial charge is 0.496 e. The van der Waals surface area contributed by atoms with Crippen molar-refractivity contribution in [1.29, 1.82) is 0 Å². The van der Waals surface area contributed by atoms with E-state index in [9.17, 15) is 0 Å². The van der Waals surface area contributed by atoms with E-state index in [1.165, 1.54) is 22.1 Å². The number of methoxy groups -OCH3 is 1. The van der Waals surface area contributed by atoms with Gasteiger partial charge in [-0.2, -0.15) is 0 Å². The van der Waals surface area contributed by atoms with Gasteiger partial charge in [0.15, 0.2) is 0 Å². The Kier molecular flexibility index (Phi) is 6.13. The van der Waals surface area contributed by atoms with Crippen LogP contribution in [0.1, 0.15) is 16.7 Å². The summed E-state index contributed by atoms with van der Waals surface area (Å²) in [4.78, 5) is 3.38. The van der Waals surface area contributed by atoms with Crippen molar-refractivity contribution in [3.63, 3.8) is 0 Å². The van der Waals surface area contributed by atoms with Crippen molar-refractivity contribution in [3.8, 4) is 11.5 Å². The molecule has 0 aliphatic heterocycles. The van der Waals surface area contributed by atoms with Crippen LogP contribution in [0.4, 0.5) is 0 Å². The fourth-order valence-electron chi connectivity index (χ4n) is 3.57. The van der Waals surface area contributed by atoms with Crippen LogP contribution in [0.2, 0.25) is 0 Å². The minimum absolute atomic E-state index is 0.566. The first-order valence-electron chi connectivity index (χ1n) is 9.93. The van der Waals surface area contributed by atoms with Crippen molar-refractivity contribution >= 4 is 10.9 Å². The second-order valence-electron chi connectivity index (χ2n) is 7.01. The average molecular weight is 386 g/mol. The van der Waals surface area contributed by atoms with E-state index in [0.717, 1.165) is 36.5 Å². The van der Waals surface area contributed by atoms with E-state index in [0.29, 0.717) is 6.61 Å². The lowest BCUT2D eigenvalue weighted by Crippen LogP contribution is -2.17. The molecule has 4 rings (SSSR count). The lowest BCUT2D eigenvalue weighted by molar-refractivity contribution is 0.310. The van der Waals surface area contributed by atoms with Gasteiger partial charge in [0.05, 0.1) is 7.11 Å². The van der Waals surface area contributed by atoms with Gasteiger partial charge in [0, 0.05) is 29.2 Å². The molecule has 2 N–H and O–H groups in total. The van der Waals surface area contributed by atoms with Crippen molar-refractivity contribution in [1.82, 2.24) is 10.3 Å². The van der Waals surface area contributed by atoms with E-state index in [-0.39, 0.29) is 0 Å². The van der Waals surface area contributed by atoms with Crippen molar-refractivity contribution in [2.45, 2.75) is 19.6 Å². The van der Waals surface area contributed by atoms with Gasteiger partial charge < -0.3 is 19.8 Å². The van der Waals surface area contributed by atoms with Crippen LogP contribution in [0.15, 0.2) is 79.0 Å². The summed E-state index contributed by atoms with van der Waals surface area (Å²) in [5, 5.41) is 4.69. The molecule has 0 fully saturated rings. The number of hydrogen-bond donors (Lipinski definition) is 2. The highest BCUT2D eigenvalue weighted by Crippen LogP contribution is 2.29. The van der Waals surface area contributed by atoms with Crippen molar-refractivity contribution in [2.75, 3.05) is 13.7 Å². The van der Waals surface area contributed by atoms with Crippen LogP contribution in [-0.2, 0) is 19.6 Å². The van der Waals surface area contributed by atoms with Gasteiger partial charge in [-0.25, -0.2) is 0 Å². The van der Waals surface area contributed by atoms with Gasteiger partial charge in [-0.05, 0) is 42.3 Å². The molecule has 0 atom stereocenters. The Morgan fingerprint density at radius 1 is 0.828 bits per heavy atom. The molecule has 3 aromatic carbocycles. The average Bonchev–Trinajstić information content (AvgIpc) is 3.20. The molecule has 0 saturated heterocycles. The Morgan fingerprint density at radius 3 is 2.48 bits per heavy atom. The zero-order chi connectivity index (χ0) is 19.9. The number of benzene rings is 3. The molecule has 0 amide bonds. The number of para-hydroxylation sites is 1. The normalized spacial score (nSPS) is 10.9. The number of aromatic amines is 1. The van der Waals surface area contributed by atoms with E-state index < -0.39 is 0 Å². The molecular weight excluding hydrogens is 360 g/mol. The van der Waals surface area contributed by atoms with E-state index in [2.05, 4.69) is 40.8 Å². The third kappa shape index (κ3) is 4.61. The predicted octanol–water partition coefficient (Wildman–Crippen LogP) is 5.09. The van der Waals surface area contributed by atoms with Crippen molar-refractivity contribution in [2.24, 2.45) is 0 Å². The number of nitrogens with one attached hydrogen (secondary N) is 2. The quantitative estimate of drug-likeness (QED) is 0.394. The molecule has 0 aliphatic carbocycles. The van der Waals surface area contributed by atoms with Crippen LogP contribution in [-0.4, -0.2) is 18.6 Å². The highest BCUT2D eigenvalue weighted by atomic mass is 16.5. The summed E-state index contributed by atoms with van der Waals surface area (Å²) in [7, 11) is 1.71. The zero-order valence-electron chi connectivity index (χ0n) is 16.7. The SMILES string of the molecule is COc1ccccc1CNCCc1c[nH]c2cccc(OCc3ccccc3)c12. The molecule has 4 aromatic rings. The molecule has 4 heteroatoms. The van der Waals surface area contributed by atoms with Gasteiger partial charge >= 0.3 is 0 Å². The molecule has 29 heavy (non-hydrogen) atoms. The molecule has 1 heterocycles. The number of H-pyrrole nitrogens is 1. The molecular formula is C25H26N2O2. The smallest absolute Gasteiger partial charge is 0.129 e. The van der Waals surface area contributed by atoms with Gasteiger partial charge in [0.1, 0.15) is 18.1 Å². The molecule has 1 aromatic heterocycles. The molecule has 148 valence electrons. The molecule has 0 saturated carbocycles. The highest BCUT2D eigenvalue weighted by Gasteiger charge is 2.10. The molecule has 0 aliphatic rings. The van der Waals surface area contributed by atoms with Crippen LogP contribution in [0.25, 0.3) is 10.9 Å². The maximum Gasteiger partial charge on any atom is 0.129 e. The summed E-state index contributed by atoms with van der Waals surface area (Å²) < 4.78 is 11.6. The van der Waals surface area contributed by atoms with E-state index in [1.807, 2.05) is 48.5 Å². The Labute approximate surface area is 171 Å². The number of rotatable bonds is 9. The number of aromatic nitrogens is 1. The van der Waals surface area contributed by atoms with Gasteiger partial charge in [0.2, 0.25) is 0 Å². The van der Waals surface area contributed by atoms with Crippen molar-refractivity contribution in [3.05, 3.63) is 95.7 Å². The second kappa shape index (κ2) is 9.30. The number of fused-ring (bicyclic) bond motifs is 1. The van der Waals surface area contributed by atoms with Crippen LogP contribution in [0, 0.1) is 0 Å². The monoisotopic (exact) mass is 386 g/mol. The van der Waals surface area contributed by atoms with Gasteiger partial charge in [-0.3, -0.25) is 0 Å². The molecule has 0 bridgehead atoms. The first kappa shape index (κ1) is 19.1. The van der Waals surface area contributed by atoms with Crippen LogP contribution in [0.3, 0.4) is 0 Å². The maximum atomic E-state index is 6.15. The number of ether oxygens (including phenoxy) is 2. The van der Waals surface area contributed by atoms with Gasteiger partial charge in [-0.15, -0.1) is 0 Å². The van der Waals surface area contributed by atoms with Crippen LogP contribution >= 0.6 is 0 Å². The van der Waals surface area contributed by atoms with E-state index in [4.69, 9.17) is 9.47 Å². The molecule has 4 nitrogen and oxygen atoms in total. The number of hydrogen-bond acceptors (Lipinski definition) is 3. The second-order valence-corrected chi connectivity index (χ2v) is 7.01. The lowest BCUT2D eigenvalue weighted by atomic mass is 10.1. The summed E-state index contributed by atoms with van der Waals surface area (Å²) in [6.45, 7) is 2.22. The molecule has 0 radical (unpaired) electrons. The van der Waals surface area contributed by atoms with E-state index >= 15 is 0 Å². The standard InChI is InChI=1S/C25H26N2O2/c1-28-23-12-6-5-10-20(23)16-26-15-14-21-17-27-22-11-7-13-24(25(21)22)29-18-19-8-3-2-4-9-19/h2-13,17,26-27H,14-16,18H2,1H3. The fourth-order valence-corrected chi connectivity index (χ4v) is 3.57. The van der Waals surface area contributed by atoms with Gasteiger partial charge in [0.25, 0.3) is 0 Å². The lowest BCUT2D eigenvalue weighted by Gasteiger charge is -2.11. The first-order valence-corrected chi connectivity index (χ1v) is 9.93. The van der Waals surface area contributed by atoms with E-state index in [1.54, 1.807) is 7.11 Å². The van der Waals surface area contributed by atoms with Gasteiger partial charge in [-0.1, -0.05) is 54.6 Å². The first-order chi connectivity index (χ1) is 14.3.